The van der Waals surface area contributed by atoms with Crippen LogP contribution in [0.1, 0.15) is 0 Å². The third kappa shape index (κ3) is 1.37. The zero-order valence-corrected chi connectivity index (χ0v) is 9.74. The van der Waals surface area contributed by atoms with E-state index in [0.717, 1.165) is 21.8 Å². The van der Waals surface area contributed by atoms with E-state index in [-0.39, 0.29) is 11.6 Å². The van der Waals surface area contributed by atoms with E-state index in [1.54, 1.807) is 18.5 Å². The van der Waals surface area contributed by atoms with Crippen molar-refractivity contribution < 1.29 is 8.78 Å². The molecule has 0 atom stereocenters. The number of hydrogen-bond donors (Lipinski definition) is 1. The highest BCUT2D eigenvalue weighted by Crippen LogP contribution is 2.33. The number of aromatic nitrogens is 2. The maximum Gasteiger partial charge on any atom is 0.123 e. The lowest BCUT2D eigenvalue weighted by atomic mass is 10.00. The van der Waals surface area contributed by atoms with E-state index in [4.69, 9.17) is 0 Å². The van der Waals surface area contributed by atoms with Crippen molar-refractivity contribution >= 4 is 32.6 Å². The van der Waals surface area contributed by atoms with Crippen LogP contribution in [0.4, 0.5) is 8.78 Å². The average molecular weight is 254 g/mol. The van der Waals surface area contributed by atoms with Gasteiger partial charge in [-0.3, -0.25) is 0 Å². The van der Waals surface area contributed by atoms with Crippen LogP contribution >= 0.6 is 0 Å². The van der Waals surface area contributed by atoms with Gasteiger partial charge < -0.3 is 4.98 Å². The molecule has 0 radical (unpaired) electrons. The Morgan fingerprint density at radius 3 is 2.16 bits per heavy atom. The number of benzene rings is 3. The molecule has 0 bridgehead atoms. The molecule has 1 aromatic heterocycles. The van der Waals surface area contributed by atoms with E-state index in [1.165, 1.54) is 24.3 Å². The van der Waals surface area contributed by atoms with Crippen LogP contribution in [0.2, 0.25) is 0 Å². The van der Waals surface area contributed by atoms with Crippen molar-refractivity contribution in [2.45, 2.75) is 0 Å². The van der Waals surface area contributed by atoms with Gasteiger partial charge in [-0.25, -0.2) is 13.8 Å². The number of nitrogens with zero attached hydrogens (tertiary/aromatic N) is 1. The monoisotopic (exact) mass is 254 g/mol. The van der Waals surface area contributed by atoms with Crippen molar-refractivity contribution in [2.75, 3.05) is 0 Å². The number of aromatic amines is 1. The molecule has 19 heavy (non-hydrogen) atoms. The predicted molar refractivity (Wildman–Crippen MR) is 71.0 cm³/mol. The third-order valence-electron chi connectivity index (χ3n) is 3.42. The van der Waals surface area contributed by atoms with Crippen LogP contribution in [0, 0.1) is 11.6 Å². The molecule has 92 valence electrons. The second-order valence-corrected chi connectivity index (χ2v) is 4.51. The van der Waals surface area contributed by atoms with Gasteiger partial charge in [0, 0.05) is 10.8 Å². The minimum Gasteiger partial charge on any atom is -0.344 e. The van der Waals surface area contributed by atoms with Crippen LogP contribution in [0.5, 0.6) is 0 Å². The summed E-state index contributed by atoms with van der Waals surface area (Å²) < 4.78 is 26.9. The Morgan fingerprint density at radius 2 is 1.42 bits per heavy atom. The summed E-state index contributed by atoms with van der Waals surface area (Å²) in [6.07, 6.45) is 1.59. The highest BCUT2D eigenvalue weighted by atomic mass is 19.1. The van der Waals surface area contributed by atoms with Crippen LogP contribution in [0.15, 0.2) is 42.7 Å². The maximum absolute atomic E-state index is 13.5. The Morgan fingerprint density at radius 1 is 0.789 bits per heavy atom. The largest absolute Gasteiger partial charge is 0.344 e. The Hall–Kier alpha value is -2.49. The molecule has 0 spiro atoms. The summed E-state index contributed by atoms with van der Waals surface area (Å²) in [4.78, 5) is 7.34. The van der Waals surface area contributed by atoms with Gasteiger partial charge in [0.1, 0.15) is 11.6 Å². The number of fused-ring (bicyclic) bond motifs is 6. The van der Waals surface area contributed by atoms with E-state index >= 15 is 0 Å². The molecule has 3 aromatic carbocycles. The summed E-state index contributed by atoms with van der Waals surface area (Å²) in [7, 11) is 0. The molecular weight excluding hydrogens is 246 g/mol. The van der Waals surface area contributed by atoms with Crippen molar-refractivity contribution in [3.05, 3.63) is 54.4 Å². The van der Waals surface area contributed by atoms with Gasteiger partial charge in [-0.05, 0) is 47.2 Å². The molecule has 0 saturated heterocycles. The summed E-state index contributed by atoms with van der Waals surface area (Å²) in [5, 5.41) is 3.02. The van der Waals surface area contributed by atoms with Crippen molar-refractivity contribution in [2.24, 2.45) is 0 Å². The molecule has 2 nitrogen and oxygen atoms in total. The highest BCUT2D eigenvalue weighted by Gasteiger charge is 2.11. The highest BCUT2D eigenvalue weighted by molar-refractivity contribution is 6.23. The minimum absolute atomic E-state index is 0.336. The lowest BCUT2D eigenvalue weighted by molar-refractivity contribution is 0.628. The average Bonchev–Trinajstić information content (AvgIpc) is 2.88. The number of imidazole rings is 1. The van der Waals surface area contributed by atoms with Crippen molar-refractivity contribution in [1.29, 1.82) is 0 Å². The summed E-state index contributed by atoms with van der Waals surface area (Å²) in [6, 6.07) is 9.01. The molecular formula is C15H8F2N2. The predicted octanol–water partition coefficient (Wildman–Crippen LogP) is 4.15. The van der Waals surface area contributed by atoms with Crippen LogP contribution in [-0.2, 0) is 0 Å². The quantitative estimate of drug-likeness (QED) is 0.469. The first kappa shape index (κ1) is 10.4. The molecule has 0 aliphatic heterocycles. The van der Waals surface area contributed by atoms with Crippen LogP contribution in [0.3, 0.4) is 0 Å². The van der Waals surface area contributed by atoms with Gasteiger partial charge in [0.15, 0.2) is 0 Å². The number of halogens is 2. The van der Waals surface area contributed by atoms with Crippen molar-refractivity contribution in [3.8, 4) is 0 Å². The minimum atomic E-state index is -0.340. The van der Waals surface area contributed by atoms with E-state index < -0.39 is 0 Å². The Kier molecular flexibility index (Phi) is 1.93. The first-order chi connectivity index (χ1) is 9.24. The normalized spacial score (nSPS) is 11.7. The lowest BCUT2D eigenvalue weighted by Gasteiger charge is -2.06. The zero-order chi connectivity index (χ0) is 13.0. The number of H-pyrrole nitrogens is 1. The summed E-state index contributed by atoms with van der Waals surface area (Å²) in [6.45, 7) is 0. The third-order valence-corrected chi connectivity index (χ3v) is 3.42. The molecule has 0 aliphatic carbocycles. The fourth-order valence-corrected chi connectivity index (χ4v) is 2.61. The fraction of sp³-hybridized carbons (Fsp3) is 0. The molecule has 0 aliphatic rings. The maximum atomic E-state index is 13.5. The topological polar surface area (TPSA) is 28.7 Å². The second kappa shape index (κ2) is 3.51. The number of hydrogen-bond acceptors (Lipinski definition) is 1. The van der Waals surface area contributed by atoms with Gasteiger partial charge >= 0.3 is 0 Å². The molecule has 1 heterocycles. The molecule has 4 rings (SSSR count). The van der Waals surface area contributed by atoms with Gasteiger partial charge in [0.05, 0.1) is 17.4 Å². The van der Waals surface area contributed by atoms with Crippen molar-refractivity contribution in [3.63, 3.8) is 0 Å². The van der Waals surface area contributed by atoms with Gasteiger partial charge in [0.2, 0.25) is 0 Å². The molecule has 0 saturated carbocycles. The second-order valence-electron chi connectivity index (χ2n) is 4.51. The van der Waals surface area contributed by atoms with Gasteiger partial charge in [-0.2, -0.15) is 0 Å². The SMILES string of the molecule is Fc1ccc2c(c1)c1cc(F)ccc1c1[nH]cnc21. The first-order valence-corrected chi connectivity index (χ1v) is 5.87. The fourth-order valence-electron chi connectivity index (χ4n) is 2.61. The molecule has 1 N–H and O–H groups in total. The molecule has 4 aromatic rings. The Balaban J connectivity index is 2.41. The molecule has 4 heteroatoms. The lowest BCUT2D eigenvalue weighted by Crippen LogP contribution is -1.85. The summed E-state index contributed by atoms with van der Waals surface area (Å²) in [5.41, 5.74) is 1.61. The first-order valence-electron chi connectivity index (χ1n) is 5.87. The zero-order valence-electron chi connectivity index (χ0n) is 9.74. The van der Waals surface area contributed by atoms with Gasteiger partial charge in [-0.15, -0.1) is 0 Å². The number of rotatable bonds is 0. The smallest absolute Gasteiger partial charge is 0.123 e. The van der Waals surface area contributed by atoms with E-state index in [1.807, 2.05) is 0 Å². The number of nitrogens with one attached hydrogen (secondary N) is 1. The molecule has 0 unspecified atom stereocenters. The van der Waals surface area contributed by atoms with Crippen LogP contribution in [-0.4, -0.2) is 9.97 Å². The summed E-state index contributed by atoms with van der Waals surface area (Å²) >= 11 is 0. The van der Waals surface area contributed by atoms with Crippen molar-refractivity contribution in [1.82, 2.24) is 9.97 Å². The van der Waals surface area contributed by atoms with Crippen LogP contribution < -0.4 is 0 Å². The molecule has 0 fully saturated rings. The van der Waals surface area contributed by atoms with E-state index in [9.17, 15) is 8.78 Å². The Bertz CT molecular complexity index is 865. The van der Waals surface area contributed by atoms with Gasteiger partial charge in [-0.1, -0.05) is 0 Å². The Labute approximate surface area is 106 Å². The van der Waals surface area contributed by atoms with E-state index in [2.05, 4.69) is 9.97 Å². The molecule has 0 amide bonds. The van der Waals surface area contributed by atoms with E-state index in [0.29, 0.717) is 10.8 Å². The van der Waals surface area contributed by atoms with Gasteiger partial charge in [0.25, 0.3) is 0 Å². The summed E-state index contributed by atoms with van der Waals surface area (Å²) in [5.74, 6) is -0.676. The standard InChI is InChI=1S/C15H8F2N2/c16-8-1-3-10-12(5-8)13-6-9(17)2-4-11(13)15-14(10)18-7-19-15/h1-7H,(H,18,19). The van der Waals surface area contributed by atoms with Crippen LogP contribution in [0.25, 0.3) is 32.6 Å².